The molecule has 0 fully saturated rings. The fourth-order valence-electron chi connectivity index (χ4n) is 3.18. The van der Waals surface area contributed by atoms with Crippen molar-refractivity contribution in [1.82, 2.24) is 0 Å². The van der Waals surface area contributed by atoms with E-state index in [2.05, 4.69) is 34.2 Å². The molecule has 4 heteroatoms. The third-order valence-corrected chi connectivity index (χ3v) is 4.66. The third-order valence-electron chi connectivity index (χ3n) is 4.66. The molecule has 0 spiro atoms. The van der Waals surface area contributed by atoms with Gasteiger partial charge in [0.05, 0.1) is 5.69 Å². The lowest BCUT2D eigenvalue weighted by Gasteiger charge is -2.26. The summed E-state index contributed by atoms with van der Waals surface area (Å²) in [6.45, 7) is 0. The molecule has 1 atom stereocenters. The topological polar surface area (TPSA) is 24.8 Å². The van der Waals surface area contributed by atoms with Gasteiger partial charge in [0, 0.05) is 38.7 Å². The first-order valence-electron chi connectivity index (χ1n) is 8.21. The Morgan fingerprint density at radius 2 is 1.88 bits per heavy atom. The van der Waals surface area contributed by atoms with Crippen molar-refractivity contribution in [3.8, 4) is 0 Å². The summed E-state index contributed by atoms with van der Waals surface area (Å²) >= 11 is 0. The monoisotopic (exact) mass is 326 g/mol. The fraction of sp³-hybridized carbons (Fsp3) is 0.350. The Labute approximate surface area is 142 Å². The molecule has 1 heterocycles. The summed E-state index contributed by atoms with van der Waals surface area (Å²) in [5.41, 5.74) is 3.50. The minimum Gasteiger partial charge on any atom is -0.378 e. The standard InChI is InChI=1S/C20H23FN2O/c1-23(2)17-9-6-15(7-10-17)5-4-12-20(24-3)14-22-19-11-8-16(21)13-18(19)20/h6-11,13-14H,4-5,12H2,1-3H3. The lowest BCUT2D eigenvalue weighted by atomic mass is 9.89. The molecule has 0 aliphatic carbocycles. The molecule has 1 unspecified atom stereocenters. The van der Waals surface area contributed by atoms with Gasteiger partial charge in [-0.3, -0.25) is 4.99 Å². The zero-order chi connectivity index (χ0) is 17.2. The van der Waals surface area contributed by atoms with Crippen molar-refractivity contribution >= 4 is 17.6 Å². The van der Waals surface area contributed by atoms with E-state index in [0.29, 0.717) is 0 Å². The zero-order valence-corrected chi connectivity index (χ0v) is 14.4. The van der Waals surface area contributed by atoms with Crippen molar-refractivity contribution in [3.63, 3.8) is 0 Å². The molecule has 2 aromatic rings. The number of benzene rings is 2. The van der Waals surface area contributed by atoms with E-state index >= 15 is 0 Å². The molecule has 0 aromatic heterocycles. The van der Waals surface area contributed by atoms with Crippen molar-refractivity contribution in [3.05, 3.63) is 59.4 Å². The summed E-state index contributed by atoms with van der Waals surface area (Å²) < 4.78 is 19.4. The molecular weight excluding hydrogens is 303 g/mol. The SMILES string of the molecule is COC1(CCCc2ccc(N(C)C)cc2)C=Nc2ccc(F)cc21. The van der Waals surface area contributed by atoms with Gasteiger partial charge in [0.25, 0.3) is 0 Å². The smallest absolute Gasteiger partial charge is 0.130 e. The van der Waals surface area contributed by atoms with Crippen molar-refractivity contribution < 1.29 is 9.13 Å². The summed E-state index contributed by atoms with van der Waals surface area (Å²) in [4.78, 5) is 6.49. The van der Waals surface area contributed by atoms with Gasteiger partial charge in [0.2, 0.25) is 0 Å². The molecule has 0 bridgehead atoms. The van der Waals surface area contributed by atoms with Crippen LogP contribution in [-0.4, -0.2) is 27.4 Å². The summed E-state index contributed by atoms with van der Waals surface area (Å²) in [6.07, 6.45) is 4.49. The lowest BCUT2D eigenvalue weighted by molar-refractivity contribution is 0.0453. The molecule has 3 nitrogen and oxygen atoms in total. The summed E-state index contributed by atoms with van der Waals surface area (Å²) in [7, 11) is 5.73. The Morgan fingerprint density at radius 1 is 1.12 bits per heavy atom. The minimum absolute atomic E-state index is 0.250. The van der Waals surface area contributed by atoms with Gasteiger partial charge < -0.3 is 9.64 Å². The van der Waals surface area contributed by atoms with Crippen LogP contribution in [0, 0.1) is 5.82 Å². The van der Waals surface area contributed by atoms with Crippen molar-refractivity contribution in [2.75, 3.05) is 26.1 Å². The van der Waals surface area contributed by atoms with Crippen LogP contribution in [0.5, 0.6) is 0 Å². The molecule has 0 saturated heterocycles. The van der Waals surface area contributed by atoms with Crippen LogP contribution in [0.4, 0.5) is 15.8 Å². The van der Waals surface area contributed by atoms with Gasteiger partial charge in [-0.1, -0.05) is 12.1 Å². The zero-order valence-electron chi connectivity index (χ0n) is 14.4. The van der Waals surface area contributed by atoms with E-state index in [9.17, 15) is 4.39 Å². The first kappa shape index (κ1) is 16.7. The van der Waals surface area contributed by atoms with Crippen molar-refractivity contribution in [2.24, 2.45) is 4.99 Å². The first-order chi connectivity index (χ1) is 11.5. The van der Waals surface area contributed by atoms with Crippen molar-refractivity contribution in [1.29, 1.82) is 0 Å². The number of nitrogens with zero attached hydrogens (tertiary/aromatic N) is 2. The highest BCUT2D eigenvalue weighted by Crippen LogP contribution is 2.41. The number of aryl methyl sites for hydroxylation is 1. The Balaban J connectivity index is 1.68. The Kier molecular flexibility index (Phi) is 4.67. The number of aliphatic imine (C=N–C) groups is 1. The highest BCUT2D eigenvalue weighted by molar-refractivity contribution is 5.83. The Morgan fingerprint density at radius 3 is 2.54 bits per heavy atom. The maximum absolute atomic E-state index is 13.6. The van der Waals surface area contributed by atoms with Crippen LogP contribution < -0.4 is 4.90 Å². The van der Waals surface area contributed by atoms with Crippen LogP contribution in [0.1, 0.15) is 24.0 Å². The first-order valence-corrected chi connectivity index (χ1v) is 8.21. The van der Waals surface area contributed by atoms with Gasteiger partial charge in [-0.2, -0.15) is 0 Å². The fourth-order valence-corrected chi connectivity index (χ4v) is 3.18. The molecule has 24 heavy (non-hydrogen) atoms. The van der Waals surface area contributed by atoms with Crippen LogP contribution in [0.25, 0.3) is 0 Å². The second-order valence-corrected chi connectivity index (χ2v) is 6.43. The van der Waals surface area contributed by atoms with E-state index in [4.69, 9.17) is 4.74 Å². The summed E-state index contributed by atoms with van der Waals surface area (Å²) in [6, 6.07) is 13.3. The van der Waals surface area contributed by atoms with Gasteiger partial charge in [0.1, 0.15) is 11.4 Å². The van der Waals surface area contributed by atoms with Crippen molar-refractivity contribution in [2.45, 2.75) is 24.9 Å². The number of hydrogen-bond donors (Lipinski definition) is 0. The van der Waals surface area contributed by atoms with E-state index in [0.717, 1.165) is 30.5 Å². The quantitative estimate of drug-likeness (QED) is 0.782. The third kappa shape index (κ3) is 3.20. The molecule has 126 valence electrons. The van der Waals surface area contributed by atoms with Crippen LogP contribution in [0.3, 0.4) is 0 Å². The highest BCUT2D eigenvalue weighted by Gasteiger charge is 2.36. The average molecular weight is 326 g/mol. The maximum Gasteiger partial charge on any atom is 0.130 e. The van der Waals surface area contributed by atoms with E-state index < -0.39 is 5.60 Å². The Hall–Kier alpha value is -2.20. The molecule has 0 radical (unpaired) electrons. The maximum atomic E-state index is 13.6. The van der Waals surface area contributed by atoms with Gasteiger partial charge in [-0.25, -0.2) is 4.39 Å². The number of methoxy groups -OCH3 is 1. The van der Waals surface area contributed by atoms with Gasteiger partial charge in [-0.05, 0) is 55.2 Å². The normalized spacial score (nSPS) is 18.7. The van der Waals surface area contributed by atoms with Crippen LogP contribution >= 0.6 is 0 Å². The van der Waals surface area contributed by atoms with E-state index in [-0.39, 0.29) is 5.82 Å². The molecule has 2 aromatic carbocycles. The van der Waals surface area contributed by atoms with Crippen LogP contribution in [0.2, 0.25) is 0 Å². The lowest BCUT2D eigenvalue weighted by Crippen LogP contribution is -2.28. The van der Waals surface area contributed by atoms with Gasteiger partial charge in [0.15, 0.2) is 0 Å². The molecule has 3 rings (SSSR count). The van der Waals surface area contributed by atoms with Gasteiger partial charge in [-0.15, -0.1) is 0 Å². The van der Waals surface area contributed by atoms with Gasteiger partial charge >= 0.3 is 0 Å². The number of hydrogen-bond acceptors (Lipinski definition) is 3. The van der Waals surface area contributed by atoms with E-state index in [1.807, 2.05) is 20.3 Å². The summed E-state index contributed by atoms with van der Waals surface area (Å²) in [5.74, 6) is -0.250. The van der Waals surface area contributed by atoms with E-state index in [1.54, 1.807) is 13.2 Å². The predicted octanol–water partition coefficient (Wildman–Crippen LogP) is 4.47. The average Bonchev–Trinajstić information content (AvgIpc) is 2.94. The van der Waals surface area contributed by atoms with Crippen LogP contribution in [-0.2, 0) is 16.8 Å². The predicted molar refractivity (Wildman–Crippen MR) is 96.9 cm³/mol. The molecule has 0 amide bonds. The molecule has 0 N–H and O–H groups in total. The molecule has 1 aliphatic heterocycles. The second kappa shape index (κ2) is 6.73. The largest absolute Gasteiger partial charge is 0.378 e. The number of ether oxygens (including phenoxy) is 1. The second-order valence-electron chi connectivity index (χ2n) is 6.43. The van der Waals surface area contributed by atoms with E-state index in [1.165, 1.54) is 23.4 Å². The van der Waals surface area contributed by atoms with Crippen LogP contribution in [0.15, 0.2) is 47.5 Å². The molecule has 1 aliphatic rings. The Bertz CT molecular complexity index is 740. The number of rotatable bonds is 6. The molecule has 0 saturated carbocycles. The summed E-state index contributed by atoms with van der Waals surface area (Å²) in [5, 5.41) is 0. The highest BCUT2D eigenvalue weighted by atomic mass is 19.1. The molecular formula is C20H23FN2O. The number of anilines is 1. The number of halogens is 1. The number of fused-ring (bicyclic) bond motifs is 1. The minimum atomic E-state index is -0.610.